The number of phenols is 1. The summed E-state index contributed by atoms with van der Waals surface area (Å²) in [4.78, 5) is 11.9. The van der Waals surface area contributed by atoms with Crippen molar-refractivity contribution in [2.75, 3.05) is 6.54 Å². The number of hydrogen-bond acceptors (Lipinski definition) is 3. The maximum Gasteiger partial charge on any atom is 0.234 e. The van der Waals surface area contributed by atoms with Gasteiger partial charge in [-0.25, -0.2) is 0 Å². The normalized spacial score (nSPS) is 18.4. The van der Waals surface area contributed by atoms with Crippen LogP contribution in [0.5, 0.6) is 5.75 Å². The first-order valence-electron chi connectivity index (χ1n) is 7.21. The molecule has 0 aromatic heterocycles. The van der Waals surface area contributed by atoms with Gasteiger partial charge in [0.25, 0.3) is 0 Å². The van der Waals surface area contributed by atoms with E-state index in [1.807, 2.05) is 32.9 Å². The second-order valence-corrected chi connectivity index (χ2v) is 6.51. The Morgan fingerprint density at radius 1 is 1.40 bits per heavy atom. The molecule has 20 heavy (non-hydrogen) atoms. The van der Waals surface area contributed by atoms with Gasteiger partial charge in [-0.2, -0.15) is 0 Å². The minimum Gasteiger partial charge on any atom is -0.508 e. The van der Waals surface area contributed by atoms with E-state index in [1.165, 1.54) is 5.56 Å². The summed E-state index contributed by atoms with van der Waals surface area (Å²) in [5.41, 5.74) is 2.18. The molecule has 110 valence electrons. The van der Waals surface area contributed by atoms with Gasteiger partial charge < -0.3 is 15.7 Å². The zero-order valence-corrected chi connectivity index (χ0v) is 12.5. The van der Waals surface area contributed by atoms with Gasteiger partial charge in [0, 0.05) is 11.6 Å². The van der Waals surface area contributed by atoms with Gasteiger partial charge in [-0.1, -0.05) is 6.07 Å². The van der Waals surface area contributed by atoms with Gasteiger partial charge >= 0.3 is 0 Å². The highest BCUT2D eigenvalue weighted by atomic mass is 16.3. The molecule has 1 aliphatic rings. The zero-order chi connectivity index (χ0) is 14.8. The average molecular weight is 276 g/mol. The van der Waals surface area contributed by atoms with Gasteiger partial charge in [0.15, 0.2) is 0 Å². The van der Waals surface area contributed by atoms with Crippen LogP contribution in [-0.2, 0) is 11.2 Å². The SMILES string of the molecule is CC(C)(C)NC(=O)CNC1CCCc2ccc(O)cc21. The van der Waals surface area contributed by atoms with E-state index in [0.717, 1.165) is 24.8 Å². The predicted octanol–water partition coefficient (Wildman–Crippen LogP) is 2.27. The number of hydrogen-bond donors (Lipinski definition) is 3. The van der Waals surface area contributed by atoms with Crippen LogP contribution < -0.4 is 10.6 Å². The second kappa shape index (κ2) is 5.83. The van der Waals surface area contributed by atoms with Crippen LogP contribution in [0, 0.1) is 0 Å². The summed E-state index contributed by atoms with van der Waals surface area (Å²) >= 11 is 0. The molecule has 1 atom stereocenters. The summed E-state index contributed by atoms with van der Waals surface area (Å²) < 4.78 is 0. The van der Waals surface area contributed by atoms with Crippen LogP contribution in [0.15, 0.2) is 18.2 Å². The Balaban J connectivity index is 1.98. The molecule has 0 aliphatic heterocycles. The molecular weight excluding hydrogens is 252 g/mol. The Bertz CT molecular complexity index is 492. The summed E-state index contributed by atoms with van der Waals surface area (Å²) in [5.74, 6) is 0.293. The third-order valence-corrected chi connectivity index (χ3v) is 3.47. The number of nitrogens with one attached hydrogen (secondary N) is 2. The number of rotatable bonds is 3. The Hall–Kier alpha value is -1.55. The van der Waals surface area contributed by atoms with E-state index in [2.05, 4.69) is 10.6 Å². The highest BCUT2D eigenvalue weighted by Gasteiger charge is 2.21. The minimum absolute atomic E-state index is 0.00442. The Labute approximate surface area is 120 Å². The van der Waals surface area contributed by atoms with Gasteiger partial charge in [0.2, 0.25) is 5.91 Å². The van der Waals surface area contributed by atoms with Crippen LogP contribution >= 0.6 is 0 Å². The molecular formula is C16H24N2O2. The molecule has 3 N–H and O–H groups in total. The summed E-state index contributed by atoms with van der Waals surface area (Å²) in [6.45, 7) is 6.22. The topological polar surface area (TPSA) is 61.4 Å². The fraction of sp³-hybridized carbons (Fsp3) is 0.562. The van der Waals surface area contributed by atoms with Crippen molar-refractivity contribution in [3.63, 3.8) is 0 Å². The van der Waals surface area contributed by atoms with Gasteiger partial charge in [0.1, 0.15) is 5.75 Å². The number of phenolic OH excluding ortho intramolecular Hbond substituents is 1. The van der Waals surface area contributed by atoms with Crippen LogP contribution in [-0.4, -0.2) is 23.1 Å². The predicted molar refractivity (Wildman–Crippen MR) is 79.7 cm³/mol. The quantitative estimate of drug-likeness (QED) is 0.793. The van der Waals surface area contributed by atoms with Crippen molar-refractivity contribution >= 4 is 5.91 Å². The van der Waals surface area contributed by atoms with Gasteiger partial charge in [0.05, 0.1) is 6.54 Å². The highest BCUT2D eigenvalue weighted by Crippen LogP contribution is 2.31. The van der Waals surface area contributed by atoms with Crippen LogP contribution in [0.25, 0.3) is 0 Å². The monoisotopic (exact) mass is 276 g/mol. The van der Waals surface area contributed by atoms with Crippen molar-refractivity contribution in [2.45, 2.75) is 51.6 Å². The molecule has 1 aromatic rings. The molecule has 1 unspecified atom stereocenters. The molecule has 4 nitrogen and oxygen atoms in total. The van der Waals surface area contributed by atoms with Crippen molar-refractivity contribution < 1.29 is 9.90 Å². The second-order valence-electron chi connectivity index (χ2n) is 6.51. The number of amides is 1. The lowest BCUT2D eigenvalue weighted by molar-refractivity contribution is -0.121. The minimum atomic E-state index is -0.207. The molecule has 0 radical (unpaired) electrons. The van der Waals surface area contributed by atoms with Crippen molar-refractivity contribution in [1.29, 1.82) is 0 Å². The van der Waals surface area contributed by atoms with Gasteiger partial charge in [-0.15, -0.1) is 0 Å². The number of aromatic hydroxyl groups is 1. The fourth-order valence-corrected chi connectivity index (χ4v) is 2.68. The van der Waals surface area contributed by atoms with Crippen LogP contribution in [0.3, 0.4) is 0 Å². The first-order chi connectivity index (χ1) is 9.35. The molecule has 0 bridgehead atoms. The smallest absolute Gasteiger partial charge is 0.234 e. The van der Waals surface area contributed by atoms with Crippen molar-refractivity contribution in [3.05, 3.63) is 29.3 Å². The lowest BCUT2D eigenvalue weighted by Gasteiger charge is -2.27. The molecule has 0 fully saturated rings. The third kappa shape index (κ3) is 3.97. The Morgan fingerprint density at radius 2 is 2.15 bits per heavy atom. The van der Waals surface area contributed by atoms with E-state index in [0.29, 0.717) is 6.54 Å². The van der Waals surface area contributed by atoms with E-state index in [-0.39, 0.29) is 23.2 Å². The van der Waals surface area contributed by atoms with Crippen molar-refractivity contribution in [1.82, 2.24) is 10.6 Å². The lowest BCUT2D eigenvalue weighted by Crippen LogP contribution is -2.45. The van der Waals surface area contributed by atoms with E-state index in [9.17, 15) is 9.90 Å². The van der Waals surface area contributed by atoms with E-state index < -0.39 is 0 Å². The van der Waals surface area contributed by atoms with E-state index >= 15 is 0 Å². The maximum atomic E-state index is 11.9. The standard InChI is InChI=1S/C16H24N2O2/c1-16(2,3)18-15(20)10-17-14-6-4-5-11-7-8-12(19)9-13(11)14/h7-9,14,17,19H,4-6,10H2,1-3H3,(H,18,20). The third-order valence-electron chi connectivity index (χ3n) is 3.47. The number of aryl methyl sites for hydroxylation is 1. The number of fused-ring (bicyclic) bond motifs is 1. The van der Waals surface area contributed by atoms with Crippen LogP contribution in [0.4, 0.5) is 0 Å². The highest BCUT2D eigenvalue weighted by molar-refractivity contribution is 5.78. The molecule has 0 saturated carbocycles. The first-order valence-corrected chi connectivity index (χ1v) is 7.21. The Kier molecular flexibility index (Phi) is 4.33. The van der Waals surface area contributed by atoms with Crippen molar-refractivity contribution in [3.8, 4) is 5.75 Å². The van der Waals surface area contributed by atoms with E-state index in [4.69, 9.17) is 0 Å². The molecule has 0 saturated heterocycles. The molecule has 2 rings (SSSR count). The fourth-order valence-electron chi connectivity index (χ4n) is 2.68. The van der Waals surface area contributed by atoms with E-state index in [1.54, 1.807) is 6.07 Å². The molecule has 1 amide bonds. The summed E-state index contributed by atoms with van der Waals surface area (Å²) in [6.07, 6.45) is 3.15. The van der Waals surface area contributed by atoms with Crippen molar-refractivity contribution in [2.24, 2.45) is 0 Å². The molecule has 0 heterocycles. The number of carbonyl (C=O) groups excluding carboxylic acids is 1. The molecule has 1 aromatic carbocycles. The van der Waals surface area contributed by atoms with Crippen LogP contribution in [0.1, 0.15) is 50.8 Å². The molecule has 4 heteroatoms. The maximum absolute atomic E-state index is 11.9. The summed E-state index contributed by atoms with van der Waals surface area (Å²) in [7, 11) is 0. The lowest BCUT2D eigenvalue weighted by atomic mass is 9.87. The van der Waals surface area contributed by atoms with Crippen LogP contribution in [0.2, 0.25) is 0 Å². The summed E-state index contributed by atoms with van der Waals surface area (Å²) in [5, 5.41) is 15.9. The molecule has 0 spiro atoms. The average Bonchev–Trinajstić information content (AvgIpc) is 2.34. The van der Waals surface area contributed by atoms with Gasteiger partial charge in [-0.3, -0.25) is 4.79 Å². The molecule has 1 aliphatic carbocycles. The number of benzene rings is 1. The first kappa shape index (κ1) is 14.9. The number of carbonyl (C=O) groups is 1. The largest absolute Gasteiger partial charge is 0.508 e. The van der Waals surface area contributed by atoms with Gasteiger partial charge in [-0.05, 0) is 63.3 Å². The summed E-state index contributed by atoms with van der Waals surface area (Å²) in [6, 6.07) is 5.67. The zero-order valence-electron chi connectivity index (χ0n) is 12.5. The Morgan fingerprint density at radius 3 is 2.85 bits per heavy atom.